The van der Waals surface area contributed by atoms with Gasteiger partial charge in [0.05, 0.1) is 23.4 Å². The fourth-order valence-corrected chi connectivity index (χ4v) is 1.59. The molecule has 0 aliphatic carbocycles. The van der Waals surface area contributed by atoms with Crippen LogP contribution in [0.25, 0.3) is 0 Å². The van der Waals surface area contributed by atoms with Gasteiger partial charge in [0.1, 0.15) is 0 Å². The van der Waals surface area contributed by atoms with Crippen molar-refractivity contribution in [3.8, 4) is 0 Å². The molecule has 17 heavy (non-hydrogen) atoms. The molecule has 0 bridgehead atoms. The third-order valence-corrected chi connectivity index (χ3v) is 2.45. The van der Waals surface area contributed by atoms with Crippen LogP contribution in [0.5, 0.6) is 0 Å². The zero-order valence-corrected chi connectivity index (χ0v) is 10.4. The van der Waals surface area contributed by atoms with Crippen LogP contribution in [0.1, 0.15) is 28.5 Å². The molecule has 1 aromatic heterocycles. The van der Waals surface area contributed by atoms with Gasteiger partial charge in [0.2, 0.25) is 0 Å². The van der Waals surface area contributed by atoms with E-state index in [9.17, 15) is 18.0 Å². The highest BCUT2D eigenvalue weighted by atomic mass is 79.9. The maximum atomic E-state index is 12.4. The van der Waals surface area contributed by atoms with Gasteiger partial charge < -0.3 is 4.74 Å². The smallest absolute Gasteiger partial charge is 0.417 e. The van der Waals surface area contributed by atoms with E-state index in [4.69, 9.17) is 0 Å². The summed E-state index contributed by atoms with van der Waals surface area (Å²) in [5.74, 6) is -0.805. The fourth-order valence-electron chi connectivity index (χ4n) is 1.14. The number of esters is 1. The second-order valence-electron chi connectivity index (χ2n) is 3.07. The van der Waals surface area contributed by atoms with Crippen molar-refractivity contribution in [2.45, 2.75) is 18.4 Å². The topological polar surface area (TPSA) is 39.2 Å². The lowest BCUT2D eigenvalue weighted by molar-refractivity contribution is -0.137. The summed E-state index contributed by atoms with van der Waals surface area (Å²) in [5.41, 5.74) is -0.916. The molecule has 0 radical (unpaired) electrons. The second-order valence-corrected chi connectivity index (χ2v) is 3.63. The molecule has 3 nitrogen and oxygen atoms in total. The summed E-state index contributed by atoms with van der Waals surface area (Å²) >= 11 is 3.05. The monoisotopic (exact) mass is 311 g/mol. The number of carbonyl (C=O) groups is 1. The minimum absolute atomic E-state index is 0.0941. The lowest BCUT2D eigenvalue weighted by Crippen LogP contribution is -2.13. The molecule has 0 aromatic carbocycles. The molecule has 1 heterocycles. The van der Waals surface area contributed by atoms with Crippen LogP contribution in [0.3, 0.4) is 0 Å². The number of carbonyl (C=O) groups excluding carboxylic acids is 1. The normalized spacial score (nSPS) is 11.4. The Morgan fingerprint density at radius 2 is 2.18 bits per heavy atom. The molecule has 0 fully saturated rings. The Kier molecular flexibility index (Phi) is 4.50. The van der Waals surface area contributed by atoms with Gasteiger partial charge >= 0.3 is 12.1 Å². The minimum atomic E-state index is -4.53. The molecule has 0 N–H and O–H groups in total. The van der Waals surface area contributed by atoms with Crippen molar-refractivity contribution in [3.63, 3.8) is 0 Å². The van der Waals surface area contributed by atoms with Gasteiger partial charge in [-0.25, -0.2) is 4.79 Å². The third kappa shape index (κ3) is 3.42. The van der Waals surface area contributed by atoms with Crippen molar-refractivity contribution in [3.05, 3.63) is 29.1 Å². The summed E-state index contributed by atoms with van der Waals surface area (Å²) in [4.78, 5) is 15.1. The first kappa shape index (κ1) is 14.0. The molecule has 7 heteroatoms. The number of nitrogens with zero attached hydrogens (tertiary/aromatic N) is 1. The van der Waals surface area contributed by atoms with Crippen molar-refractivity contribution >= 4 is 21.9 Å². The van der Waals surface area contributed by atoms with Crippen LogP contribution >= 0.6 is 15.9 Å². The SMILES string of the molecule is CCOC(=O)c1cc(C(F)(F)F)cnc1CBr. The number of alkyl halides is 4. The van der Waals surface area contributed by atoms with Crippen molar-refractivity contribution < 1.29 is 22.7 Å². The molecule has 1 aromatic rings. The molecule has 0 aliphatic rings. The maximum Gasteiger partial charge on any atom is 0.417 e. The largest absolute Gasteiger partial charge is 0.462 e. The van der Waals surface area contributed by atoms with E-state index in [1.54, 1.807) is 6.92 Å². The zero-order valence-electron chi connectivity index (χ0n) is 8.84. The van der Waals surface area contributed by atoms with Gasteiger partial charge in [-0.1, -0.05) is 15.9 Å². The Morgan fingerprint density at radius 1 is 1.53 bits per heavy atom. The molecule has 0 atom stereocenters. The van der Waals surface area contributed by atoms with E-state index in [0.29, 0.717) is 6.20 Å². The molecule has 0 unspecified atom stereocenters. The quantitative estimate of drug-likeness (QED) is 0.636. The first-order valence-electron chi connectivity index (χ1n) is 4.69. The number of hydrogen-bond donors (Lipinski definition) is 0. The van der Waals surface area contributed by atoms with Crippen LogP contribution in [0.4, 0.5) is 13.2 Å². The van der Waals surface area contributed by atoms with E-state index in [-0.39, 0.29) is 23.2 Å². The van der Waals surface area contributed by atoms with Crippen LogP contribution in [-0.4, -0.2) is 17.6 Å². The summed E-state index contributed by atoms with van der Waals surface area (Å²) in [5, 5.41) is 0.180. The van der Waals surface area contributed by atoms with Gasteiger partial charge in [-0.2, -0.15) is 13.2 Å². The van der Waals surface area contributed by atoms with Gasteiger partial charge in [-0.05, 0) is 13.0 Å². The number of hydrogen-bond acceptors (Lipinski definition) is 3. The van der Waals surface area contributed by atoms with E-state index < -0.39 is 17.7 Å². The van der Waals surface area contributed by atoms with Crippen LogP contribution < -0.4 is 0 Å². The van der Waals surface area contributed by atoms with Crippen LogP contribution in [0.2, 0.25) is 0 Å². The summed E-state index contributed by atoms with van der Waals surface area (Å²) in [7, 11) is 0. The summed E-state index contributed by atoms with van der Waals surface area (Å²) < 4.78 is 42.0. The van der Waals surface area contributed by atoms with Gasteiger partial charge in [0, 0.05) is 11.5 Å². The average molecular weight is 312 g/mol. The highest BCUT2D eigenvalue weighted by molar-refractivity contribution is 9.08. The molecule has 0 spiro atoms. The van der Waals surface area contributed by atoms with Crippen LogP contribution in [0.15, 0.2) is 12.3 Å². The highest BCUT2D eigenvalue weighted by Crippen LogP contribution is 2.30. The van der Waals surface area contributed by atoms with E-state index in [1.165, 1.54) is 0 Å². The third-order valence-electron chi connectivity index (χ3n) is 1.92. The first-order valence-corrected chi connectivity index (χ1v) is 5.81. The first-order chi connectivity index (χ1) is 7.90. The molecule has 1 rings (SSSR count). The average Bonchev–Trinajstić information content (AvgIpc) is 2.27. The standard InChI is InChI=1S/C10H9BrF3NO2/c1-2-17-9(16)7-3-6(10(12,13)14)5-15-8(7)4-11/h3,5H,2,4H2,1H3. The number of rotatable bonds is 3. The number of aromatic nitrogens is 1. The van der Waals surface area contributed by atoms with E-state index >= 15 is 0 Å². The summed E-state index contributed by atoms with van der Waals surface area (Å²) in [6.07, 6.45) is -3.83. The minimum Gasteiger partial charge on any atom is -0.462 e. The fraction of sp³-hybridized carbons (Fsp3) is 0.400. The number of halogens is 4. The number of ether oxygens (including phenoxy) is 1. The summed E-state index contributed by atoms with van der Waals surface area (Å²) in [6.45, 7) is 1.67. The van der Waals surface area contributed by atoms with Crippen molar-refractivity contribution in [2.75, 3.05) is 6.61 Å². The predicted molar refractivity (Wildman–Crippen MR) is 57.8 cm³/mol. The molecular formula is C10H9BrF3NO2. The predicted octanol–water partition coefficient (Wildman–Crippen LogP) is 3.17. The zero-order chi connectivity index (χ0) is 13.1. The second kappa shape index (κ2) is 5.48. The maximum absolute atomic E-state index is 12.4. The lowest BCUT2D eigenvalue weighted by Gasteiger charge is -2.10. The van der Waals surface area contributed by atoms with E-state index in [2.05, 4.69) is 25.7 Å². The van der Waals surface area contributed by atoms with Crippen molar-refractivity contribution in [2.24, 2.45) is 0 Å². The Labute approximate surface area is 104 Å². The number of pyridine rings is 1. The molecule has 94 valence electrons. The van der Waals surface area contributed by atoms with Gasteiger partial charge in [0.15, 0.2) is 0 Å². The molecule has 0 saturated heterocycles. The van der Waals surface area contributed by atoms with Gasteiger partial charge in [0.25, 0.3) is 0 Å². The van der Waals surface area contributed by atoms with Crippen LogP contribution in [0, 0.1) is 0 Å². The highest BCUT2D eigenvalue weighted by Gasteiger charge is 2.32. The van der Waals surface area contributed by atoms with Gasteiger partial charge in [-0.3, -0.25) is 4.98 Å². The molecular weight excluding hydrogens is 303 g/mol. The lowest BCUT2D eigenvalue weighted by atomic mass is 10.1. The Bertz CT molecular complexity index is 421. The Morgan fingerprint density at radius 3 is 2.65 bits per heavy atom. The van der Waals surface area contributed by atoms with E-state index in [0.717, 1.165) is 6.07 Å². The van der Waals surface area contributed by atoms with Gasteiger partial charge in [-0.15, -0.1) is 0 Å². The van der Waals surface area contributed by atoms with Crippen molar-refractivity contribution in [1.82, 2.24) is 4.98 Å². The van der Waals surface area contributed by atoms with Crippen LogP contribution in [-0.2, 0) is 16.2 Å². The van der Waals surface area contributed by atoms with E-state index in [1.807, 2.05) is 0 Å². The summed E-state index contributed by atoms with van der Waals surface area (Å²) in [6, 6.07) is 0.752. The molecule has 0 aliphatic heterocycles. The Hall–Kier alpha value is -1.11. The Balaban J connectivity index is 3.20. The van der Waals surface area contributed by atoms with Crippen molar-refractivity contribution in [1.29, 1.82) is 0 Å². The molecule has 0 saturated carbocycles. The molecule has 0 amide bonds.